The van der Waals surface area contributed by atoms with Crippen LogP contribution in [-0.2, 0) is 11.3 Å². The second kappa shape index (κ2) is 7.99. The molecule has 0 atom stereocenters. The first-order valence-corrected chi connectivity index (χ1v) is 8.67. The van der Waals surface area contributed by atoms with Gasteiger partial charge in [-0.2, -0.15) is 0 Å². The highest BCUT2D eigenvalue weighted by atomic mass is 16.2. The van der Waals surface area contributed by atoms with Crippen LogP contribution in [0.4, 0.5) is 0 Å². The molecule has 1 aliphatic heterocycles. The van der Waals surface area contributed by atoms with Gasteiger partial charge < -0.3 is 10.2 Å². The second-order valence-corrected chi connectivity index (χ2v) is 6.35. The van der Waals surface area contributed by atoms with Gasteiger partial charge in [0.25, 0.3) is 5.91 Å². The van der Waals surface area contributed by atoms with E-state index < -0.39 is 0 Å². The molecule has 1 aliphatic rings. The molecule has 3 heterocycles. The van der Waals surface area contributed by atoms with E-state index in [-0.39, 0.29) is 17.7 Å². The van der Waals surface area contributed by atoms with E-state index in [9.17, 15) is 9.59 Å². The SMILES string of the molecule is CC(=O)NCc1nccnc1C1CCN(C(=O)c2ccnc(C)n2)CC1. The largest absolute Gasteiger partial charge is 0.351 e. The van der Waals surface area contributed by atoms with Gasteiger partial charge in [-0.3, -0.25) is 19.6 Å². The Morgan fingerprint density at radius 3 is 2.58 bits per heavy atom. The zero-order chi connectivity index (χ0) is 18.5. The zero-order valence-electron chi connectivity index (χ0n) is 15.0. The van der Waals surface area contributed by atoms with E-state index in [1.165, 1.54) is 6.92 Å². The maximum Gasteiger partial charge on any atom is 0.272 e. The van der Waals surface area contributed by atoms with Gasteiger partial charge in [-0.15, -0.1) is 0 Å². The molecule has 0 aliphatic carbocycles. The van der Waals surface area contributed by atoms with Crippen LogP contribution in [0.3, 0.4) is 0 Å². The second-order valence-electron chi connectivity index (χ2n) is 6.35. The number of nitrogens with zero attached hydrogens (tertiary/aromatic N) is 5. The minimum atomic E-state index is -0.0952. The van der Waals surface area contributed by atoms with Crippen LogP contribution in [0, 0.1) is 6.92 Å². The Morgan fingerprint density at radius 1 is 1.15 bits per heavy atom. The van der Waals surface area contributed by atoms with Gasteiger partial charge in [0.05, 0.1) is 17.9 Å². The molecule has 3 rings (SSSR count). The third kappa shape index (κ3) is 4.19. The van der Waals surface area contributed by atoms with E-state index in [0.717, 1.165) is 24.2 Å². The van der Waals surface area contributed by atoms with Crippen LogP contribution >= 0.6 is 0 Å². The van der Waals surface area contributed by atoms with Gasteiger partial charge in [0.1, 0.15) is 11.5 Å². The summed E-state index contributed by atoms with van der Waals surface area (Å²) >= 11 is 0. The number of nitrogens with one attached hydrogen (secondary N) is 1. The van der Waals surface area contributed by atoms with Crippen molar-refractivity contribution in [1.29, 1.82) is 0 Å². The number of piperidine rings is 1. The molecule has 1 fully saturated rings. The number of carbonyl (C=O) groups is 2. The molecule has 0 radical (unpaired) electrons. The number of amides is 2. The van der Waals surface area contributed by atoms with Crippen molar-refractivity contribution in [1.82, 2.24) is 30.2 Å². The topological polar surface area (TPSA) is 101 Å². The number of likely N-dealkylation sites (tertiary alicyclic amines) is 1. The molecule has 8 heteroatoms. The summed E-state index contributed by atoms with van der Waals surface area (Å²) < 4.78 is 0. The van der Waals surface area contributed by atoms with Crippen molar-refractivity contribution in [2.24, 2.45) is 0 Å². The summed E-state index contributed by atoms with van der Waals surface area (Å²) in [6, 6.07) is 1.65. The molecule has 2 amide bonds. The normalized spacial score (nSPS) is 14.9. The van der Waals surface area contributed by atoms with Gasteiger partial charge in [0.2, 0.25) is 5.91 Å². The summed E-state index contributed by atoms with van der Waals surface area (Å²) in [5.41, 5.74) is 2.13. The van der Waals surface area contributed by atoms with Crippen molar-refractivity contribution in [3.8, 4) is 0 Å². The molecule has 8 nitrogen and oxygen atoms in total. The van der Waals surface area contributed by atoms with Crippen molar-refractivity contribution in [3.63, 3.8) is 0 Å². The van der Waals surface area contributed by atoms with Crippen LogP contribution < -0.4 is 5.32 Å². The maximum atomic E-state index is 12.6. The molecule has 0 saturated carbocycles. The Hall–Kier alpha value is -2.90. The summed E-state index contributed by atoms with van der Waals surface area (Å²) in [4.78, 5) is 42.7. The Morgan fingerprint density at radius 2 is 1.88 bits per heavy atom. The standard InChI is InChI=1S/C18H22N6O2/c1-12-19-6-3-15(23-12)18(26)24-9-4-14(5-10-24)17-16(11-22-13(2)25)20-7-8-21-17/h3,6-8,14H,4-5,9-11H2,1-2H3,(H,22,25). The van der Waals surface area contributed by atoms with Crippen LogP contribution in [0.2, 0.25) is 0 Å². The molecule has 26 heavy (non-hydrogen) atoms. The fraction of sp³-hybridized carbons (Fsp3) is 0.444. The monoisotopic (exact) mass is 354 g/mol. The lowest BCUT2D eigenvalue weighted by Gasteiger charge is -2.32. The van der Waals surface area contributed by atoms with Gasteiger partial charge in [0.15, 0.2) is 0 Å². The highest BCUT2D eigenvalue weighted by Gasteiger charge is 2.27. The molecule has 0 aromatic carbocycles. The van der Waals surface area contributed by atoms with E-state index >= 15 is 0 Å². The van der Waals surface area contributed by atoms with Gasteiger partial charge in [-0.05, 0) is 25.8 Å². The highest BCUT2D eigenvalue weighted by Crippen LogP contribution is 2.28. The smallest absolute Gasteiger partial charge is 0.272 e. The van der Waals surface area contributed by atoms with Crippen LogP contribution in [0.25, 0.3) is 0 Å². The third-order valence-corrected chi connectivity index (χ3v) is 4.48. The third-order valence-electron chi connectivity index (χ3n) is 4.48. The molecule has 0 unspecified atom stereocenters. The predicted octanol–water partition coefficient (Wildman–Crippen LogP) is 1.23. The number of carbonyl (C=O) groups excluding carboxylic acids is 2. The van der Waals surface area contributed by atoms with Gasteiger partial charge in [-0.1, -0.05) is 0 Å². The van der Waals surface area contributed by atoms with Crippen LogP contribution in [0.5, 0.6) is 0 Å². The minimum Gasteiger partial charge on any atom is -0.351 e. The van der Waals surface area contributed by atoms with Crippen LogP contribution in [0.1, 0.15) is 53.4 Å². The van der Waals surface area contributed by atoms with Crippen molar-refractivity contribution < 1.29 is 9.59 Å². The first-order chi connectivity index (χ1) is 12.5. The van der Waals surface area contributed by atoms with E-state index in [1.54, 1.807) is 31.6 Å². The summed E-state index contributed by atoms with van der Waals surface area (Å²) in [6.45, 7) is 4.91. The number of hydrogen-bond donors (Lipinski definition) is 1. The lowest BCUT2D eigenvalue weighted by atomic mass is 9.91. The number of rotatable bonds is 4. The van der Waals surface area contributed by atoms with E-state index in [0.29, 0.717) is 31.2 Å². The first-order valence-electron chi connectivity index (χ1n) is 8.67. The molecule has 2 aromatic heterocycles. The lowest BCUT2D eigenvalue weighted by molar-refractivity contribution is -0.119. The molecular weight excluding hydrogens is 332 g/mol. The molecule has 1 N–H and O–H groups in total. The predicted molar refractivity (Wildman–Crippen MR) is 94.2 cm³/mol. The average molecular weight is 354 g/mol. The summed E-state index contributed by atoms with van der Waals surface area (Å²) in [7, 11) is 0. The molecular formula is C18H22N6O2. The van der Waals surface area contributed by atoms with E-state index in [1.807, 2.05) is 4.90 Å². The number of aromatic nitrogens is 4. The molecule has 136 valence electrons. The van der Waals surface area contributed by atoms with Gasteiger partial charge >= 0.3 is 0 Å². The minimum absolute atomic E-state index is 0.0634. The quantitative estimate of drug-likeness (QED) is 0.886. The van der Waals surface area contributed by atoms with E-state index in [2.05, 4.69) is 25.3 Å². The van der Waals surface area contributed by atoms with Crippen molar-refractivity contribution >= 4 is 11.8 Å². The molecule has 2 aromatic rings. The van der Waals surface area contributed by atoms with Gasteiger partial charge in [-0.25, -0.2) is 9.97 Å². The fourth-order valence-corrected chi connectivity index (χ4v) is 3.16. The number of hydrogen-bond acceptors (Lipinski definition) is 6. The first kappa shape index (κ1) is 17.9. The van der Waals surface area contributed by atoms with Crippen molar-refractivity contribution in [3.05, 3.63) is 47.6 Å². The average Bonchev–Trinajstić information content (AvgIpc) is 2.66. The van der Waals surface area contributed by atoms with E-state index in [4.69, 9.17) is 0 Å². The van der Waals surface area contributed by atoms with Crippen molar-refractivity contribution in [2.45, 2.75) is 39.2 Å². The molecule has 1 saturated heterocycles. The van der Waals surface area contributed by atoms with Crippen LogP contribution in [0.15, 0.2) is 24.7 Å². The summed E-state index contributed by atoms with van der Waals surface area (Å²) in [5.74, 6) is 0.658. The Balaban J connectivity index is 1.65. The summed E-state index contributed by atoms with van der Waals surface area (Å²) in [6.07, 6.45) is 6.53. The Kier molecular flexibility index (Phi) is 5.50. The molecule has 0 bridgehead atoms. The molecule has 0 spiro atoms. The lowest BCUT2D eigenvalue weighted by Crippen LogP contribution is -2.38. The summed E-state index contributed by atoms with van der Waals surface area (Å²) in [5, 5.41) is 2.77. The maximum absolute atomic E-state index is 12.6. The zero-order valence-corrected chi connectivity index (χ0v) is 15.0. The van der Waals surface area contributed by atoms with Crippen molar-refractivity contribution in [2.75, 3.05) is 13.1 Å². The Bertz CT molecular complexity index is 802. The van der Waals surface area contributed by atoms with Crippen LogP contribution in [-0.4, -0.2) is 49.7 Å². The number of aryl methyl sites for hydroxylation is 1. The van der Waals surface area contributed by atoms with Gasteiger partial charge in [0, 0.05) is 44.5 Å². The highest BCUT2D eigenvalue weighted by molar-refractivity contribution is 5.92. The Labute approximate surface area is 152 Å². The fourth-order valence-electron chi connectivity index (χ4n) is 3.16.